The fourth-order valence-electron chi connectivity index (χ4n) is 2.19. The number of nitrogens with zero attached hydrogens (tertiary/aromatic N) is 1. The van der Waals surface area contributed by atoms with Crippen molar-refractivity contribution in [1.29, 1.82) is 0 Å². The molecule has 0 bridgehead atoms. The molecule has 1 aliphatic rings. The maximum atomic E-state index is 13.2. The average molecular weight is 236 g/mol. The van der Waals surface area contributed by atoms with E-state index < -0.39 is 5.82 Å². The van der Waals surface area contributed by atoms with Crippen LogP contribution in [0.4, 0.5) is 10.1 Å². The van der Waals surface area contributed by atoms with Crippen molar-refractivity contribution in [2.45, 2.75) is 25.7 Å². The van der Waals surface area contributed by atoms with Gasteiger partial charge in [-0.3, -0.25) is 4.79 Å². The Labute approximate surface area is 100 Å². The zero-order valence-corrected chi connectivity index (χ0v) is 9.79. The van der Waals surface area contributed by atoms with Crippen LogP contribution in [0.25, 0.3) is 0 Å². The van der Waals surface area contributed by atoms with Gasteiger partial charge in [0.25, 0.3) is 5.91 Å². The van der Waals surface area contributed by atoms with Gasteiger partial charge in [-0.15, -0.1) is 0 Å². The molecule has 0 spiro atoms. The summed E-state index contributed by atoms with van der Waals surface area (Å²) in [5.74, 6) is -0.568. The molecule has 92 valence electrons. The summed E-state index contributed by atoms with van der Waals surface area (Å²) in [7, 11) is 0. The van der Waals surface area contributed by atoms with E-state index in [1.54, 1.807) is 4.90 Å². The van der Waals surface area contributed by atoms with Crippen molar-refractivity contribution >= 4 is 11.6 Å². The van der Waals surface area contributed by atoms with E-state index in [4.69, 9.17) is 5.73 Å². The number of rotatable bonds is 1. The van der Waals surface area contributed by atoms with Gasteiger partial charge in [-0.05, 0) is 31.0 Å². The van der Waals surface area contributed by atoms with Crippen LogP contribution in [0.15, 0.2) is 18.2 Å². The number of hydrogen-bond acceptors (Lipinski definition) is 2. The van der Waals surface area contributed by atoms with Crippen molar-refractivity contribution in [1.82, 2.24) is 4.90 Å². The number of carbonyl (C=O) groups excluding carboxylic acids is 1. The Hall–Kier alpha value is -1.58. The highest BCUT2D eigenvalue weighted by Gasteiger charge is 2.17. The van der Waals surface area contributed by atoms with Crippen LogP contribution in [0.1, 0.15) is 36.0 Å². The van der Waals surface area contributed by atoms with Crippen molar-refractivity contribution in [2.24, 2.45) is 0 Å². The highest BCUT2D eigenvalue weighted by Crippen LogP contribution is 2.16. The normalized spacial score (nSPS) is 16.6. The Balaban J connectivity index is 2.17. The minimum Gasteiger partial charge on any atom is -0.399 e. The van der Waals surface area contributed by atoms with E-state index in [1.165, 1.54) is 18.2 Å². The summed E-state index contributed by atoms with van der Waals surface area (Å²) < 4.78 is 13.2. The monoisotopic (exact) mass is 236 g/mol. The predicted octanol–water partition coefficient (Wildman–Crippen LogP) is 2.42. The number of likely N-dealkylation sites (tertiary alicyclic amines) is 1. The topological polar surface area (TPSA) is 46.3 Å². The van der Waals surface area contributed by atoms with Crippen LogP contribution in [0.2, 0.25) is 0 Å². The second kappa shape index (κ2) is 5.17. The summed E-state index contributed by atoms with van der Waals surface area (Å²) in [6.45, 7) is 1.52. The van der Waals surface area contributed by atoms with Crippen LogP contribution in [0.5, 0.6) is 0 Å². The maximum Gasteiger partial charge on any atom is 0.254 e. The number of nitrogens with two attached hydrogens (primary N) is 1. The number of benzene rings is 1. The quantitative estimate of drug-likeness (QED) is 0.761. The number of carbonyl (C=O) groups is 1. The van der Waals surface area contributed by atoms with Crippen molar-refractivity contribution < 1.29 is 9.18 Å². The minimum atomic E-state index is -0.455. The summed E-state index contributed by atoms with van der Waals surface area (Å²) in [4.78, 5) is 14.0. The van der Waals surface area contributed by atoms with Crippen LogP contribution in [-0.4, -0.2) is 23.9 Å². The van der Waals surface area contributed by atoms with E-state index in [9.17, 15) is 9.18 Å². The van der Waals surface area contributed by atoms with Gasteiger partial charge in [0.1, 0.15) is 5.82 Å². The molecule has 0 radical (unpaired) electrons. The van der Waals surface area contributed by atoms with Gasteiger partial charge in [-0.25, -0.2) is 4.39 Å². The van der Waals surface area contributed by atoms with Crippen LogP contribution in [0.3, 0.4) is 0 Å². The molecule has 1 saturated heterocycles. The highest BCUT2D eigenvalue weighted by atomic mass is 19.1. The van der Waals surface area contributed by atoms with E-state index in [2.05, 4.69) is 0 Å². The summed E-state index contributed by atoms with van der Waals surface area (Å²) >= 11 is 0. The van der Waals surface area contributed by atoms with E-state index in [-0.39, 0.29) is 5.91 Å². The molecule has 0 aromatic heterocycles. The van der Waals surface area contributed by atoms with Gasteiger partial charge in [0.05, 0.1) is 0 Å². The van der Waals surface area contributed by atoms with Crippen molar-refractivity contribution in [3.05, 3.63) is 29.6 Å². The van der Waals surface area contributed by atoms with Gasteiger partial charge in [0, 0.05) is 24.3 Å². The lowest BCUT2D eigenvalue weighted by atomic mass is 10.1. The van der Waals surface area contributed by atoms with Crippen LogP contribution >= 0.6 is 0 Å². The Morgan fingerprint density at radius 2 is 1.76 bits per heavy atom. The number of hydrogen-bond donors (Lipinski definition) is 1. The molecule has 1 aliphatic heterocycles. The first-order valence-corrected chi connectivity index (χ1v) is 6.02. The molecule has 1 heterocycles. The first-order valence-electron chi connectivity index (χ1n) is 6.02. The van der Waals surface area contributed by atoms with Gasteiger partial charge < -0.3 is 10.6 Å². The Morgan fingerprint density at radius 3 is 2.35 bits per heavy atom. The smallest absolute Gasteiger partial charge is 0.254 e. The first kappa shape index (κ1) is 11.9. The Kier molecular flexibility index (Phi) is 3.61. The van der Waals surface area contributed by atoms with Gasteiger partial charge in [0.15, 0.2) is 0 Å². The Bertz CT molecular complexity index is 392. The van der Waals surface area contributed by atoms with Gasteiger partial charge in [-0.1, -0.05) is 12.8 Å². The predicted molar refractivity (Wildman–Crippen MR) is 65.2 cm³/mol. The van der Waals surface area contributed by atoms with Crippen molar-refractivity contribution in [2.75, 3.05) is 18.8 Å². The van der Waals surface area contributed by atoms with Crippen LogP contribution in [-0.2, 0) is 0 Å². The molecule has 17 heavy (non-hydrogen) atoms. The molecule has 2 N–H and O–H groups in total. The van der Waals surface area contributed by atoms with Gasteiger partial charge in [0.2, 0.25) is 0 Å². The van der Waals surface area contributed by atoms with E-state index >= 15 is 0 Å². The third-order valence-corrected chi connectivity index (χ3v) is 3.06. The molecule has 1 aromatic carbocycles. The van der Waals surface area contributed by atoms with Crippen molar-refractivity contribution in [3.63, 3.8) is 0 Å². The molecule has 0 aliphatic carbocycles. The molecule has 4 heteroatoms. The maximum absolute atomic E-state index is 13.2. The fraction of sp³-hybridized carbons (Fsp3) is 0.462. The molecular weight excluding hydrogens is 219 g/mol. The third kappa shape index (κ3) is 2.96. The minimum absolute atomic E-state index is 0.113. The number of halogens is 1. The van der Waals surface area contributed by atoms with Crippen LogP contribution in [0, 0.1) is 5.82 Å². The average Bonchev–Trinajstić information content (AvgIpc) is 2.55. The zero-order chi connectivity index (χ0) is 12.3. The second-order valence-electron chi connectivity index (χ2n) is 4.48. The van der Waals surface area contributed by atoms with Gasteiger partial charge >= 0.3 is 0 Å². The molecule has 0 saturated carbocycles. The van der Waals surface area contributed by atoms with Crippen molar-refractivity contribution in [3.8, 4) is 0 Å². The summed E-state index contributed by atoms with van der Waals surface area (Å²) in [5, 5.41) is 0. The summed E-state index contributed by atoms with van der Waals surface area (Å²) in [6.07, 6.45) is 4.37. The van der Waals surface area contributed by atoms with E-state index in [1.807, 2.05) is 0 Å². The van der Waals surface area contributed by atoms with Crippen LogP contribution < -0.4 is 5.73 Å². The first-order chi connectivity index (χ1) is 8.16. The molecule has 0 unspecified atom stereocenters. The standard InChI is InChI=1S/C13H17FN2O/c14-11-7-10(8-12(15)9-11)13(17)16-5-3-1-2-4-6-16/h7-9H,1-6,15H2. The molecule has 3 nitrogen and oxygen atoms in total. The van der Waals surface area contributed by atoms with E-state index in [0.29, 0.717) is 11.3 Å². The lowest BCUT2D eigenvalue weighted by Gasteiger charge is -2.20. The fourth-order valence-corrected chi connectivity index (χ4v) is 2.19. The summed E-state index contributed by atoms with van der Waals surface area (Å²) in [6, 6.07) is 4.01. The number of anilines is 1. The zero-order valence-electron chi connectivity index (χ0n) is 9.79. The summed E-state index contributed by atoms with van der Waals surface area (Å²) in [5.41, 5.74) is 6.19. The number of amides is 1. The van der Waals surface area contributed by atoms with E-state index in [0.717, 1.165) is 38.8 Å². The lowest BCUT2D eigenvalue weighted by molar-refractivity contribution is 0.0761. The molecular formula is C13H17FN2O. The SMILES string of the molecule is Nc1cc(F)cc(C(=O)N2CCCCCC2)c1. The van der Waals surface area contributed by atoms with Gasteiger partial charge in [-0.2, -0.15) is 0 Å². The number of nitrogen functional groups attached to an aromatic ring is 1. The largest absolute Gasteiger partial charge is 0.399 e. The lowest BCUT2D eigenvalue weighted by Crippen LogP contribution is -2.31. The molecule has 1 fully saturated rings. The molecule has 0 atom stereocenters. The Morgan fingerprint density at radius 1 is 1.12 bits per heavy atom. The highest BCUT2D eigenvalue weighted by molar-refractivity contribution is 5.95. The molecule has 2 rings (SSSR count). The third-order valence-electron chi connectivity index (χ3n) is 3.06. The molecule has 1 aromatic rings. The second-order valence-corrected chi connectivity index (χ2v) is 4.48. The molecule has 1 amide bonds.